The van der Waals surface area contributed by atoms with Crippen molar-refractivity contribution in [1.29, 1.82) is 0 Å². The monoisotopic (exact) mass is 333 g/mol. The van der Waals surface area contributed by atoms with E-state index >= 15 is 0 Å². The van der Waals surface area contributed by atoms with Gasteiger partial charge in [-0.3, -0.25) is 9.59 Å². The Hall–Kier alpha value is -1.92. The lowest BCUT2D eigenvalue weighted by molar-refractivity contribution is -0.945. The summed E-state index contributed by atoms with van der Waals surface area (Å²) >= 11 is 0. The summed E-state index contributed by atoms with van der Waals surface area (Å²) in [7, 11) is 1.56. The number of methoxy groups -OCH3 is 1. The van der Waals surface area contributed by atoms with Crippen molar-refractivity contribution in [2.24, 2.45) is 0 Å². The molecule has 24 heavy (non-hydrogen) atoms. The first kappa shape index (κ1) is 16.9. The van der Waals surface area contributed by atoms with Crippen LogP contribution in [0.1, 0.15) is 32.1 Å². The van der Waals surface area contributed by atoms with Gasteiger partial charge in [-0.05, 0) is 31.4 Å². The quantitative estimate of drug-likeness (QED) is 0.753. The average Bonchev–Trinajstić information content (AvgIpc) is 2.90. The van der Waals surface area contributed by atoms with E-state index in [9.17, 15) is 14.7 Å². The van der Waals surface area contributed by atoms with E-state index in [4.69, 9.17) is 4.74 Å². The van der Waals surface area contributed by atoms with Crippen molar-refractivity contribution in [2.45, 2.75) is 44.2 Å². The third-order valence-corrected chi connectivity index (χ3v) is 5.18. The van der Waals surface area contributed by atoms with Crippen LogP contribution in [0.3, 0.4) is 0 Å². The third kappa shape index (κ3) is 3.16. The lowest BCUT2D eigenvalue weighted by Gasteiger charge is -2.35. The predicted octanol–water partition coefficient (Wildman–Crippen LogP) is 0.147. The van der Waals surface area contributed by atoms with Gasteiger partial charge >= 0.3 is 0 Å². The topological polar surface area (TPSA) is 71.3 Å². The maximum Gasteiger partial charge on any atom is 0.292 e. The molecule has 0 radical (unpaired) electrons. The van der Waals surface area contributed by atoms with E-state index in [0.29, 0.717) is 17.9 Å². The van der Waals surface area contributed by atoms with Crippen LogP contribution in [0.25, 0.3) is 0 Å². The summed E-state index contributed by atoms with van der Waals surface area (Å²) in [5, 5.41) is 9.30. The van der Waals surface area contributed by atoms with Crippen molar-refractivity contribution >= 4 is 17.5 Å². The molecule has 2 amide bonds. The largest absolute Gasteiger partial charge is 0.497 e. The number of hydrogen-bond donors (Lipinski definition) is 2. The number of benzene rings is 1. The second-order valence-electron chi connectivity index (χ2n) is 6.56. The fourth-order valence-electron chi connectivity index (χ4n) is 4.00. The second kappa shape index (κ2) is 7.32. The highest BCUT2D eigenvalue weighted by atomic mass is 16.5. The zero-order chi connectivity index (χ0) is 17.1. The van der Waals surface area contributed by atoms with Crippen LogP contribution in [-0.4, -0.2) is 49.3 Å². The summed E-state index contributed by atoms with van der Waals surface area (Å²) in [6.07, 6.45) is 4.13. The fourth-order valence-corrected chi connectivity index (χ4v) is 4.00. The predicted molar refractivity (Wildman–Crippen MR) is 89.1 cm³/mol. The van der Waals surface area contributed by atoms with Gasteiger partial charge in [0.15, 0.2) is 6.04 Å². The van der Waals surface area contributed by atoms with Crippen molar-refractivity contribution < 1.29 is 24.3 Å². The molecule has 2 aliphatic rings. The minimum Gasteiger partial charge on any atom is -0.497 e. The van der Waals surface area contributed by atoms with Crippen LogP contribution in [0.2, 0.25) is 0 Å². The van der Waals surface area contributed by atoms with Crippen LogP contribution < -0.4 is 14.5 Å². The molecule has 1 unspecified atom stereocenters. The smallest absolute Gasteiger partial charge is 0.292 e. The number of hydrogen-bond acceptors (Lipinski definition) is 4. The van der Waals surface area contributed by atoms with Crippen LogP contribution in [0, 0.1) is 0 Å². The van der Waals surface area contributed by atoms with Crippen molar-refractivity contribution in [2.75, 3.05) is 25.2 Å². The fraction of sp³-hybridized carbons (Fsp3) is 0.556. The maximum atomic E-state index is 12.9. The third-order valence-electron chi connectivity index (χ3n) is 5.18. The number of aliphatic hydroxyl groups excluding tert-OH is 1. The Labute approximate surface area is 142 Å². The van der Waals surface area contributed by atoms with Gasteiger partial charge in [0, 0.05) is 19.1 Å². The normalized spacial score (nSPS) is 27.6. The molecule has 0 saturated carbocycles. The molecule has 2 fully saturated rings. The van der Waals surface area contributed by atoms with Gasteiger partial charge in [-0.1, -0.05) is 6.07 Å². The number of rotatable bonds is 5. The van der Waals surface area contributed by atoms with Crippen LogP contribution >= 0.6 is 0 Å². The van der Waals surface area contributed by atoms with Gasteiger partial charge in [-0.2, -0.15) is 0 Å². The van der Waals surface area contributed by atoms with Crippen molar-refractivity contribution in [1.82, 2.24) is 0 Å². The molecule has 6 heteroatoms. The van der Waals surface area contributed by atoms with Crippen LogP contribution in [0.5, 0.6) is 5.75 Å². The second-order valence-corrected chi connectivity index (χ2v) is 6.56. The molecule has 2 saturated heterocycles. The zero-order valence-electron chi connectivity index (χ0n) is 14.0. The Kier molecular flexibility index (Phi) is 5.16. The number of carbonyl (C=O) groups excluding carboxylic acids is 2. The Balaban J connectivity index is 1.82. The van der Waals surface area contributed by atoms with Gasteiger partial charge in [-0.15, -0.1) is 0 Å². The standard InChI is InChI=1S/C18H24N2O4/c1-24-15-7-4-6-14(11-15)20-17(22)12-16(18(20)23)19-9-3-2-5-13(19)8-10-21/h4,6-7,11,13,16,21H,2-3,5,8-10,12H2,1H3/p+1/t13-,16-/m1/s1. The Bertz CT molecular complexity index is 617. The van der Waals surface area contributed by atoms with E-state index in [0.717, 1.165) is 25.8 Å². The van der Waals surface area contributed by atoms with Gasteiger partial charge in [0.25, 0.3) is 5.91 Å². The molecule has 1 aromatic rings. The Morgan fingerprint density at radius 2 is 2.17 bits per heavy atom. The first-order chi connectivity index (χ1) is 11.7. The number of quaternary nitrogens is 1. The van der Waals surface area contributed by atoms with E-state index in [1.54, 1.807) is 31.4 Å². The number of nitrogens with zero attached hydrogens (tertiary/aromatic N) is 1. The summed E-state index contributed by atoms with van der Waals surface area (Å²) in [6, 6.07) is 6.98. The number of imide groups is 1. The van der Waals surface area contributed by atoms with Crippen LogP contribution in [0.4, 0.5) is 5.69 Å². The Morgan fingerprint density at radius 1 is 1.33 bits per heavy atom. The van der Waals surface area contributed by atoms with Gasteiger partial charge in [0.05, 0.1) is 31.8 Å². The summed E-state index contributed by atoms with van der Waals surface area (Å²) in [4.78, 5) is 27.9. The molecule has 0 bridgehead atoms. The first-order valence-corrected chi connectivity index (χ1v) is 8.63. The summed E-state index contributed by atoms with van der Waals surface area (Å²) in [6.45, 7) is 1.02. The van der Waals surface area contributed by atoms with Crippen LogP contribution in [0.15, 0.2) is 24.3 Å². The SMILES string of the molecule is COc1cccc(N2C(=O)C[C@@H]([NH+]3CCCC[C@@H]3CCO)C2=O)c1. The molecule has 2 heterocycles. The average molecular weight is 333 g/mol. The van der Waals surface area contributed by atoms with Gasteiger partial charge in [0.1, 0.15) is 5.75 Å². The minimum atomic E-state index is -0.333. The molecular weight excluding hydrogens is 308 g/mol. The molecule has 2 aliphatic heterocycles. The van der Waals surface area contributed by atoms with Crippen molar-refractivity contribution in [3.8, 4) is 5.75 Å². The lowest BCUT2D eigenvalue weighted by Crippen LogP contribution is -3.20. The number of piperidine rings is 1. The van der Waals surface area contributed by atoms with E-state index in [-0.39, 0.29) is 36.9 Å². The number of likely N-dealkylation sites (tertiary alicyclic amines) is 1. The highest BCUT2D eigenvalue weighted by molar-refractivity contribution is 6.21. The van der Waals surface area contributed by atoms with Crippen molar-refractivity contribution in [3.63, 3.8) is 0 Å². The van der Waals surface area contributed by atoms with E-state index in [1.807, 2.05) is 0 Å². The van der Waals surface area contributed by atoms with Crippen LogP contribution in [-0.2, 0) is 9.59 Å². The van der Waals surface area contributed by atoms with Gasteiger partial charge < -0.3 is 14.7 Å². The molecule has 0 spiro atoms. The molecule has 3 atom stereocenters. The zero-order valence-corrected chi connectivity index (χ0v) is 14.0. The summed E-state index contributed by atoms with van der Waals surface area (Å²) in [5.41, 5.74) is 0.571. The number of carbonyl (C=O) groups is 2. The van der Waals surface area contributed by atoms with Crippen molar-refractivity contribution in [3.05, 3.63) is 24.3 Å². The van der Waals surface area contributed by atoms with Gasteiger partial charge in [0.2, 0.25) is 5.91 Å². The van der Waals surface area contributed by atoms with E-state index in [1.165, 1.54) is 9.80 Å². The molecule has 1 aromatic carbocycles. The molecule has 2 N–H and O–H groups in total. The molecule has 3 rings (SSSR count). The summed E-state index contributed by atoms with van der Waals surface area (Å²) in [5.74, 6) is 0.340. The lowest BCUT2D eigenvalue weighted by atomic mass is 9.97. The molecule has 6 nitrogen and oxygen atoms in total. The van der Waals surface area contributed by atoms with E-state index in [2.05, 4.69) is 0 Å². The van der Waals surface area contributed by atoms with E-state index < -0.39 is 0 Å². The number of nitrogens with one attached hydrogen (secondary N) is 1. The highest BCUT2D eigenvalue weighted by Crippen LogP contribution is 2.26. The first-order valence-electron chi connectivity index (χ1n) is 8.63. The summed E-state index contributed by atoms with van der Waals surface area (Å²) < 4.78 is 5.19. The highest BCUT2D eigenvalue weighted by Gasteiger charge is 2.48. The number of amides is 2. The number of aliphatic hydroxyl groups is 1. The minimum absolute atomic E-state index is 0.128. The Morgan fingerprint density at radius 3 is 2.92 bits per heavy atom. The molecular formula is C18H25N2O4+. The maximum absolute atomic E-state index is 12.9. The van der Waals surface area contributed by atoms with Gasteiger partial charge in [-0.25, -0.2) is 4.90 Å². The molecule has 0 aliphatic carbocycles. The number of anilines is 1. The molecule has 130 valence electrons. The molecule has 0 aromatic heterocycles. The number of ether oxygens (including phenoxy) is 1.